The number of aliphatic imine (C=N–C) groups is 1. The minimum absolute atomic E-state index is 0.376. The van der Waals surface area contributed by atoms with Crippen molar-refractivity contribution in [1.82, 2.24) is 5.43 Å². The number of nitrogens with zero attached hydrogens (tertiary/aromatic N) is 2. The van der Waals surface area contributed by atoms with Gasteiger partial charge in [0.1, 0.15) is 0 Å². The number of benzene rings is 2. The molecule has 3 rings (SSSR count). The predicted molar refractivity (Wildman–Crippen MR) is 108 cm³/mol. The van der Waals surface area contributed by atoms with E-state index < -0.39 is 0 Å². The molecule has 24 heavy (non-hydrogen) atoms. The van der Waals surface area contributed by atoms with E-state index in [4.69, 9.17) is 23.8 Å². The lowest BCUT2D eigenvalue weighted by atomic mass is 10.1. The number of nitrogens with one attached hydrogen (secondary N) is 2. The van der Waals surface area contributed by atoms with Crippen molar-refractivity contribution < 1.29 is 0 Å². The molecule has 0 unspecified atom stereocenters. The van der Waals surface area contributed by atoms with E-state index in [-0.39, 0.29) is 0 Å². The van der Waals surface area contributed by atoms with Crippen molar-refractivity contribution in [1.29, 1.82) is 0 Å². The van der Waals surface area contributed by atoms with E-state index in [1.807, 2.05) is 12.1 Å². The normalized spacial score (nSPS) is 15.6. The molecule has 1 aliphatic rings. The fraction of sp³-hybridized carbons (Fsp3) is 0.118. The first-order chi connectivity index (χ1) is 11.6. The Morgan fingerprint density at radius 1 is 1.21 bits per heavy atom. The lowest BCUT2D eigenvalue weighted by molar-refractivity contribution is 1.04. The molecule has 0 spiro atoms. The van der Waals surface area contributed by atoms with Crippen LogP contribution in [0.4, 0.5) is 5.69 Å². The molecule has 122 valence electrons. The number of halogens is 1. The van der Waals surface area contributed by atoms with Crippen molar-refractivity contribution in [3.05, 3.63) is 64.7 Å². The predicted octanol–water partition coefficient (Wildman–Crippen LogP) is 4.44. The highest BCUT2D eigenvalue weighted by atomic mass is 35.5. The molecular formula is C17H15ClN4S2. The molecular weight excluding hydrogens is 360 g/mol. The smallest absolute Gasteiger partial charge is 0.199 e. The van der Waals surface area contributed by atoms with E-state index >= 15 is 0 Å². The molecule has 7 heteroatoms. The third-order valence-electron chi connectivity index (χ3n) is 3.32. The van der Waals surface area contributed by atoms with Crippen LogP contribution in [0.25, 0.3) is 0 Å². The second-order valence-electron chi connectivity index (χ2n) is 5.18. The molecule has 2 aromatic rings. The monoisotopic (exact) mass is 374 g/mol. The SMILES string of the molecule is Cc1ccc(C2=NNC(=NC(=S)Nc3ccc(Cl)cc3)SC2)cc1. The summed E-state index contributed by atoms with van der Waals surface area (Å²) in [4.78, 5) is 4.34. The third kappa shape index (κ3) is 4.56. The Hall–Kier alpha value is -1.89. The number of rotatable bonds is 2. The van der Waals surface area contributed by atoms with Gasteiger partial charge in [-0.15, -0.1) is 0 Å². The fourth-order valence-electron chi connectivity index (χ4n) is 2.04. The van der Waals surface area contributed by atoms with Crippen molar-refractivity contribution in [3.8, 4) is 0 Å². The molecule has 1 heterocycles. The van der Waals surface area contributed by atoms with Gasteiger partial charge in [-0.25, -0.2) is 0 Å². The van der Waals surface area contributed by atoms with Crippen LogP contribution in [0, 0.1) is 6.92 Å². The molecule has 0 fully saturated rings. The van der Waals surface area contributed by atoms with Gasteiger partial charge in [-0.05, 0) is 49.0 Å². The van der Waals surface area contributed by atoms with E-state index in [9.17, 15) is 0 Å². The Morgan fingerprint density at radius 3 is 2.54 bits per heavy atom. The molecule has 0 aliphatic carbocycles. The van der Waals surface area contributed by atoms with Crippen molar-refractivity contribution in [2.45, 2.75) is 6.92 Å². The Morgan fingerprint density at radius 2 is 1.92 bits per heavy atom. The van der Waals surface area contributed by atoms with Gasteiger partial charge in [-0.3, -0.25) is 5.43 Å². The summed E-state index contributed by atoms with van der Waals surface area (Å²) in [6, 6.07) is 15.6. The van der Waals surface area contributed by atoms with Gasteiger partial charge in [0, 0.05) is 16.5 Å². The van der Waals surface area contributed by atoms with E-state index in [0.29, 0.717) is 15.3 Å². The van der Waals surface area contributed by atoms with Gasteiger partial charge in [-0.2, -0.15) is 10.1 Å². The third-order valence-corrected chi connectivity index (χ3v) is 4.63. The van der Waals surface area contributed by atoms with E-state index in [1.54, 1.807) is 23.9 Å². The van der Waals surface area contributed by atoms with Gasteiger partial charge in [0.25, 0.3) is 0 Å². The summed E-state index contributed by atoms with van der Waals surface area (Å²) in [6.07, 6.45) is 0. The maximum atomic E-state index is 5.86. The molecule has 0 radical (unpaired) electrons. The molecule has 0 atom stereocenters. The average molecular weight is 375 g/mol. The lowest BCUT2D eigenvalue weighted by Crippen LogP contribution is -2.26. The second kappa shape index (κ2) is 7.79. The lowest BCUT2D eigenvalue weighted by Gasteiger charge is -2.15. The van der Waals surface area contributed by atoms with Gasteiger partial charge in [0.15, 0.2) is 10.3 Å². The topological polar surface area (TPSA) is 48.8 Å². The zero-order chi connectivity index (χ0) is 16.9. The molecule has 0 bridgehead atoms. The van der Waals surface area contributed by atoms with Gasteiger partial charge < -0.3 is 5.32 Å². The van der Waals surface area contributed by atoms with Gasteiger partial charge in [0.2, 0.25) is 0 Å². The van der Waals surface area contributed by atoms with Gasteiger partial charge in [0.05, 0.1) is 5.71 Å². The van der Waals surface area contributed by atoms with Gasteiger partial charge >= 0.3 is 0 Å². The van der Waals surface area contributed by atoms with Crippen LogP contribution >= 0.6 is 35.6 Å². The van der Waals surface area contributed by atoms with Crippen LogP contribution in [0.2, 0.25) is 5.02 Å². The highest BCUT2D eigenvalue weighted by Gasteiger charge is 2.13. The number of hydrazone groups is 1. The van der Waals surface area contributed by atoms with Gasteiger partial charge in [-0.1, -0.05) is 53.2 Å². The molecule has 2 N–H and O–H groups in total. The van der Waals surface area contributed by atoms with Crippen LogP contribution in [0.1, 0.15) is 11.1 Å². The minimum Gasteiger partial charge on any atom is -0.331 e. The maximum Gasteiger partial charge on any atom is 0.199 e. The largest absolute Gasteiger partial charge is 0.331 e. The highest BCUT2D eigenvalue weighted by molar-refractivity contribution is 8.14. The summed E-state index contributed by atoms with van der Waals surface area (Å²) in [5.74, 6) is 0.748. The summed E-state index contributed by atoms with van der Waals surface area (Å²) in [7, 11) is 0. The molecule has 0 saturated heterocycles. The van der Waals surface area contributed by atoms with E-state index in [1.165, 1.54) is 5.56 Å². The Labute approximate surface area is 155 Å². The number of amidine groups is 1. The molecule has 0 aromatic heterocycles. The Bertz CT molecular complexity index is 798. The quantitative estimate of drug-likeness (QED) is 0.763. The van der Waals surface area contributed by atoms with Crippen molar-refractivity contribution >= 4 is 57.3 Å². The number of hydrogen-bond acceptors (Lipinski definition) is 3. The van der Waals surface area contributed by atoms with Crippen LogP contribution in [-0.4, -0.2) is 21.7 Å². The van der Waals surface area contributed by atoms with Crippen molar-refractivity contribution in [3.63, 3.8) is 0 Å². The zero-order valence-corrected chi connectivity index (χ0v) is 15.3. The number of anilines is 1. The summed E-state index contributed by atoms with van der Waals surface area (Å²) >= 11 is 12.7. The number of thioether (sulfide) groups is 1. The fourth-order valence-corrected chi connectivity index (χ4v) is 3.21. The molecule has 2 aromatic carbocycles. The molecule has 4 nitrogen and oxygen atoms in total. The standard InChI is InChI=1S/C17H15ClN4S2/c1-11-2-4-12(5-3-11)15-10-24-17(22-21-15)20-16(23)19-14-8-6-13(18)7-9-14/h2-9H,10H2,1H3,(H2,19,20,22,23). The summed E-state index contributed by atoms with van der Waals surface area (Å²) in [5.41, 5.74) is 7.15. The first-order valence-corrected chi connectivity index (χ1v) is 9.05. The summed E-state index contributed by atoms with van der Waals surface area (Å²) in [5, 5.41) is 9.18. The molecule has 1 aliphatic heterocycles. The summed E-state index contributed by atoms with van der Waals surface area (Å²) in [6.45, 7) is 2.07. The number of thiocarbonyl (C=S) groups is 1. The molecule has 0 amide bonds. The van der Waals surface area contributed by atoms with Crippen molar-refractivity contribution in [2.24, 2.45) is 10.1 Å². The first-order valence-electron chi connectivity index (χ1n) is 7.28. The average Bonchev–Trinajstić information content (AvgIpc) is 2.58. The van der Waals surface area contributed by atoms with Crippen LogP contribution in [0.3, 0.4) is 0 Å². The maximum absolute atomic E-state index is 5.86. The Kier molecular flexibility index (Phi) is 5.50. The highest BCUT2D eigenvalue weighted by Crippen LogP contribution is 2.16. The van der Waals surface area contributed by atoms with E-state index in [2.05, 4.69) is 52.0 Å². The Balaban J connectivity index is 1.62. The van der Waals surface area contributed by atoms with Crippen LogP contribution in [0.15, 0.2) is 58.6 Å². The molecule has 0 saturated carbocycles. The van der Waals surface area contributed by atoms with E-state index in [0.717, 1.165) is 22.7 Å². The number of hydrogen-bond donors (Lipinski definition) is 2. The van der Waals surface area contributed by atoms with Crippen LogP contribution in [-0.2, 0) is 0 Å². The van der Waals surface area contributed by atoms with Crippen molar-refractivity contribution in [2.75, 3.05) is 11.1 Å². The first kappa shape index (κ1) is 17.0. The second-order valence-corrected chi connectivity index (χ2v) is 6.97. The summed E-state index contributed by atoms with van der Waals surface area (Å²) < 4.78 is 0. The van der Waals surface area contributed by atoms with Crippen LogP contribution in [0.5, 0.6) is 0 Å². The zero-order valence-electron chi connectivity index (χ0n) is 12.9. The number of aryl methyl sites for hydroxylation is 1. The minimum atomic E-state index is 0.376. The van der Waals surface area contributed by atoms with Crippen LogP contribution < -0.4 is 10.7 Å².